The first-order valence-electron chi connectivity index (χ1n) is 5.39. The molecule has 3 N–H and O–H groups in total. The summed E-state index contributed by atoms with van der Waals surface area (Å²) in [5.41, 5.74) is 0.857. The van der Waals surface area contributed by atoms with E-state index in [1.807, 2.05) is 0 Å². The smallest absolute Gasteiger partial charge is 0.335 e. The molecule has 18 heavy (non-hydrogen) atoms. The molecule has 0 saturated heterocycles. The quantitative estimate of drug-likeness (QED) is 0.711. The Morgan fingerprint density at radius 2 is 1.83 bits per heavy atom. The van der Waals surface area contributed by atoms with E-state index in [4.69, 9.17) is 5.11 Å². The van der Waals surface area contributed by atoms with Crippen molar-refractivity contribution in [1.29, 1.82) is 0 Å². The molecule has 0 aliphatic carbocycles. The van der Waals surface area contributed by atoms with Crippen LogP contribution in [0.15, 0.2) is 24.3 Å². The molecule has 1 rings (SSSR count). The second kappa shape index (κ2) is 5.94. The summed E-state index contributed by atoms with van der Waals surface area (Å²) >= 11 is 0. The lowest BCUT2D eigenvalue weighted by molar-refractivity contribution is 0.0697. The number of carbonyl (C=O) groups is 1. The molecule has 1 aromatic carbocycles. The summed E-state index contributed by atoms with van der Waals surface area (Å²) in [4.78, 5) is 10.6. The zero-order chi connectivity index (χ0) is 13.8. The maximum Gasteiger partial charge on any atom is 0.335 e. The second-order valence-corrected chi connectivity index (χ2v) is 5.63. The van der Waals surface area contributed by atoms with E-state index >= 15 is 0 Å². The Morgan fingerprint density at radius 1 is 1.28 bits per heavy atom. The largest absolute Gasteiger partial charge is 0.478 e. The summed E-state index contributed by atoms with van der Waals surface area (Å²) in [6.07, 6.45) is 0. The predicted octanol–water partition coefficient (Wildman–Crippen LogP) is 0.717. The lowest BCUT2D eigenvalue weighted by Gasteiger charge is -2.10. The Hall–Kier alpha value is -1.44. The SMILES string of the molecule is CC(C)NS(=O)(=O)NCc1ccc(C(=O)O)cc1. The Balaban J connectivity index is 2.61. The van der Waals surface area contributed by atoms with E-state index in [0.717, 1.165) is 0 Å². The number of rotatable bonds is 6. The second-order valence-electron chi connectivity index (χ2n) is 4.10. The van der Waals surface area contributed by atoms with Crippen molar-refractivity contribution in [2.45, 2.75) is 26.4 Å². The van der Waals surface area contributed by atoms with E-state index in [1.165, 1.54) is 12.1 Å². The topological polar surface area (TPSA) is 95.5 Å². The van der Waals surface area contributed by atoms with Gasteiger partial charge in [0.15, 0.2) is 0 Å². The monoisotopic (exact) mass is 272 g/mol. The highest BCUT2D eigenvalue weighted by molar-refractivity contribution is 7.87. The van der Waals surface area contributed by atoms with Crippen LogP contribution in [0.2, 0.25) is 0 Å². The van der Waals surface area contributed by atoms with E-state index < -0.39 is 16.2 Å². The normalized spacial score (nSPS) is 11.7. The third-order valence-corrected chi connectivity index (χ3v) is 3.36. The maximum atomic E-state index is 11.5. The minimum Gasteiger partial charge on any atom is -0.478 e. The summed E-state index contributed by atoms with van der Waals surface area (Å²) < 4.78 is 27.7. The molecule has 0 saturated carbocycles. The number of benzene rings is 1. The first kappa shape index (κ1) is 14.6. The fourth-order valence-corrected chi connectivity index (χ4v) is 2.36. The van der Waals surface area contributed by atoms with Crippen molar-refractivity contribution in [1.82, 2.24) is 9.44 Å². The third kappa shape index (κ3) is 4.82. The summed E-state index contributed by atoms with van der Waals surface area (Å²) in [6.45, 7) is 3.56. The van der Waals surface area contributed by atoms with E-state index in [9.17, 15) is 13.2 Å². The molecule has 0 radical (unpaired) electrons. The van der Waals surface area contributed by atoms with E-state index in [2.05, 4.69) is 9.44 Å². The summed E-state index contributed by atoms with van der Waals surface area (Å²) in [5, 5.41) is 8.71. The molecule has 0 aromatic heterocycles. The van der Waals surface area contributed by atoms with Crippen molar-refractivity contribution in [3.63, 3.8) is 0 Å². The van der Waals surface area contributed by atoms with Crippen LogP contribution < -0.4 is 9.44 Å². The average Bonchev–Trinajstić information content (AvgIpc) is 2.25. The molecule has 7 heteroatoms. The predicted molar refractivity (Wildman–Crippen MR) is 67.4 cm³/mol. The molecule has 6 nitrogen and oxygen atoms in total. The molecular formula is C11H16N2O4S. The molecule has 0 fully saturated rings. The Kier molecular flexibility index (Phi) is 4.83. The van der Waals surface area contributed by atoms with Gasteiger partial charge in [0.2, 0.25) is 0 Å². The van der Waals surface area contributed by atoms with Crippen LogP contribution in [0.25, 0.3) is 0 Å². The van der Waals surface area contributed by atoms with Crippen LogP contribution in [0.4, 0.5) is 0 Å². The van der Waals surface area contributed by atoms with Gasteiger partial charge in [-0.1, -0.05) is 12.1 Å². The molecule has 100 valence electrons. The van der Waals surface area contributed by atoms with Crippen molar-refractivity contribution in [3.8, 4) is 0 Å². The van der Waals surface area contributed by atoms with Crippen molar-refractivity contribution in [2.24, 2.45) is 0 Å². The number of aromatic carboxylic acids is 1. The van der Waals surface area contributed by atoms with Crippen molar-refractivity contribution in [3.05, 3.63) is 35.4 Å². The van der Waals surface area contributed by atoms with Crippen LogP contribution in [0, 0.1) is 0 Å². The van der Waals surface area contributed by atoms with Crippen molar-refractivity contribution in [2.75, 3.05) is 0 Å². The van der Waals surface area contributed by atoms with Crippen LogP contribution in [0.3, 0.4) is 0 Å². The molecule has 0 atom stereocenters. The molecule has 0 unspecified atom stereocenters. The first-order chi connectivity index (χ1) is 8.30. The Labute approximate surface area is 106 Å². The number of carboxylic acids is 1. The Morgan fingerprint density at radius 3 is 2.28 bits per heavy atom. The van der Waals surface area contributed by atoms with E-state index in [-0.39, 0.29) is 18.2 Å². The van der Waals surface area contributed by atoms with E-state index in [0.29, 0.717) is 5.56 Å². The molecule has 0 aliphatic rings. The van der Waals surface area contributed by atoms with Gasteiger partial charge in [0, 0.05) is 12.6 Å². The zero-order valence-corrected chi connectivity index (χ0v) is 11.0. The van der Waals surface area contributed by atoms with Crippen LogP contribution in [-0.4, -0.2) is 25.5 Å². The highest BCUT2D eigenvalue weighted by Crippen LogP contribution is 2.04. The van der Waals surface area contributed by atoms with Gasteiger partial charge >= 0.3 is 5.97 Å². The number of carboxylic acid groups (broad SMARTS) is 1. The molecule has 0 aliphatic heterocycles. The zero-order valence-electron chi connectivity index (χ0n) is 10.2. The van der Waals surface area contributed by atoms with Crippen LogP contribution in [0.5, 0.6) is 0 Å². The van der Waals surface area contributed by atoms with Gasteiger partial charge in [0.25, 0.3) is 10.2 Å². The van der Waals surface area contributed by atoms with Gasteiger partial charge in [0.05, 0.1) is 5.56 Å². The summed E-state index contributed by atoms with van der Waals surface area (Å²) in [5.74, 6) is -1.01. The third-order valence-electron chi connectivity index (χ3n) is 2.06. The minimum absolute atomic E-state index is 0.113. The fraction of sp³-hybridized carbons (Fsp3) is 0.364. The number of hydrogen-bond acceptors (Lipinski definition) is 3. The van der Waals surface area contributed by atoms with Crippen LogP contribution in [0.1, 0.15) is 29.8 Å². The van der Waals surface area contributed by atoms with E-state index in [1.54, 1.807) is 26.0 Å². The van der Waals surface area contributed by atoms with Gasteiger partial charge in [0.1, 0.15) is 0 Å². The maximum absolute atomic E-state index is 11.5. The van der Waals surface area contributed by atoms with Crippen LogP contribution in [-0.2, 0) is 16.8 Å². The van der Waals surface area contributed by atoms with Gasteiger partial charge in [-0.25, -0.2) is 4.79 Å². The van der Waals surface area contributed by atoms with Gasteiger partial charge in [-0.05, 0) is 31.5 Å². The van der Waals surface area contributed by atoms with Gasteiger partial charge in [-0.15, -0.1) is 0 Å². The Bertz CT molecular complexity index is 508. The molecule has 0 spiro atoms. The van der Waals surface area contributed by atoms with Gasteiger partial charge < -0.3 is 5.11 Å². The first-order valence-corrected chi connectivity index (χ1v) is 6.87. The van der Waals surface area contributed by atoms with Gasteiger partial charge in [-0.2, -0.15) is 17.9 Å². The lowest BCUT2D eigenvalue weighted by Crippen LogP contribution is -2.39. The standard InChI is InChI=1S/C11H16N2O4S/c1-8(2)13-18(16,17)12-7-9-3-5-10(6-4-9)11(14)15/h3-6,8,12-13H,7H2,1-2H3,(H,14,15). The average molecular weight is 272 g/mol. The van der Waals surface area contributed by atoms with Crippen molar-refractivity contribution < 1.29 is 18.3 Å². The summed E-state index contributed by atoms with van der Waals surface area (Å²) in [6, 6.07) is 5.82. The summed E-state index contributed by atoms with van der Waals surface area (Å²) in [7, 11) is -3.52. The fourth-order valence-electron chi connectivity index (χ4n) is 1.30. The van der Waals surface area contributed by atoms with Crippen molar-refractivity contribution >= 4 is 16.2 Å². The molecule has 0 heterocycles. The number of nitrogens with one attached hydrogen (secondary N) is 2. The highest BCUT2D eigenvalue weighted by Gasteiger charge is 2.10. The van der Waals surface area contributed by atoms with Crippen LogP contribution >= 0.6 is 0 Å². The molecule has 0 bridgehead atoms. The highest BCUT2D eigenvalue weighted by atomic mass is 32.2. The molecule has 1 aromatic rings. The number of hydrogen-bond donors (Lipinski definition) is 3. The molecule has 0 amide bonds. The lowest BCUT2D eigenvalue weighted by atomic mass is 10.1. The molecular weight excluding hydrogens is 256 g/mol. The minimum atomic E-state index is -3.52. The van der Waals surface area contributed by atoms with Gasteiger partial charge in [-0.3, -0.25) is 0 Å².